The molecule has 0 saturated heterocycles. The monoisotopic (exact) mass is 459 g/mol. The zero-order valence-corrected chi connectivity index (χ0v) is 18.9. The fourth-order valence-electron chi connectivity index (χ4n) is 2.89. The summed E-state index contributed by atoms with van der Waals surface area (Å²) in [6.45, 7) is 2.57. The third-order valence-corrected chi connectivity index (χ3v) is 6.61. The van der Waals surface area contributed by atoms with Gasteiger partial charge in [-0.25, -0.2) is 17.9 Å². The van der Waals surface area contributed by atoms with E-state index >= 15 is 0 Å². The molecule has 0 fully saturated rings. The van der Waals surface area contributed by atoms with E-state index in [1.165, 1.54) is 38.4 Å². The van der Waals surface area contributed by atoms with Gasteiger partial charge in [-0.2, -0.15) is 0 Å². The fraction of sp³-hybridized carbons (Fsp3) is 0.333. The van der Waals surface area contributed by atoms with E-state index in [2.05, 4.69) is 22.4 Å². The van der Waals surface area contributed by atoms with Crippen molar-refractivity contribution in [3.05, 3.63) is 59.9 Å². The second kappa shape index (κ2) is 10.2. The van der Waals surface area contributed by atoms with Crippen LogP contribution in [0.5, 0.6) is 5.75 Å². The number of tetrazole rings is 1. The highest BCUT2D eigenvalue weighted by atomic mass is 32.2. The Morgan fingerprint density at radius 2 is 1.91 bits per heavy atom. The molecule has 0 aliphatic heterocycles. The molecule has 0 amide bonds. The van der Waals surface area contributed by atoms with Gasteiger partial charge in [-0.3, -0.25) is 4.31 Å². The molecule has 0 radical (unpaired) electrons. The van der Waals surface area contributed by atoms with Crippen molar-refractivity contribution in [3.8, 4) is 5.75 Å². The van der Waals surface area contributed by atoms with Crippen molar-refractivity contribution >= 4 is 21.7 Å². The number of ether oxygens (including phenoxy) is 2. The molecule has 0 aliphatic rings. The topological polar surface area (TPSA) is 117 Å². The van der Waals surface area contributed by atoms with Crippen LogP contribution in [0.2, 0.25) is 0 Å². The molecule has 0 unspecified atom stereocenters. The van der Waals surface area contributed by atoms with Crippen LogP contribution in [-0.4, -0.2) is 48.8 Å². The maximum Gasteiger partial charge on any atom is 0.338 e. The van der Waals surface area contributed by atoms with Gasteiger partial charge in [0.15, 0.2) is 12.4 Å². The van der Waals surface area contributed by atoms with E-state index in [0.29, 0.717) is 23.8 Å². The Morgan fingerprint density at radius 1 is 1.16 bits per heavy atom. The molecule has 11 heteroatoms. The smallest absolute Gasteiger partial charge is 0.338 e. The Labute approximate surface area is 186 Å². The zero-order chi connectivity index (χ0) is 23.1. The van der Waals surface area contributed by atoms with Crippen LogP contribution in [0.1, 0.15) is 35.9 Å². The van der Waals surface area contributed by atoms with Crippen molar-refractivity contribution in [2.75, 3.05) is 18.5 Å². The van der Waals surface area contributed by atoms with Gasteiger partial charge in [0.2, 0.25) is 0 Å². The first-order chi connectivity index (χ1) is 15.4. The van der Waals surface area contributed by atoms with Gasteiger partial charge >= 0.3 is 5.97 Å². The van der Waals surface area contributed by atoms with E-state index in [1.54, 1.807) is 28.9 Å². The molecule has 0 bridgehead atoms. The maximum absolute atomic E-state index is 13.1. The van der Waals surface area contributed by atoms with Crippen LogP contribution >= 0.6 is 0 Å². The number of esters is 1. The molecule has 1 aromatic heterocycles. The van der Waals surface area contributed by atoms with Gasteiger partial charge in [0.1, 0.15) is 5.75 Å². The number of benzene rings is 2. The molecule has 0 saturated carbocycles. The minimum atomic E-state index is -3.89. The van der Waals surface area contributed by atoms with E-state index < -0.39 is 16.0 Å². The minimum absolute atomic E-state index is 0.0296. The molecule has 2 aromatic carbocycles. The average molecular weight is 460 g/mol. The first-order valence-electron chi connectivity index (χ1n) is 10.0. The van der Waals surface area contributed by atoms with Crippen molar-refractivity contribution in [2.45, 2.75) is 37.8 Å². The molecular formula is C21H25N5O5S. The van der Waals surface area contributed by atoms with Crippen LogP contribution in [0.25, 0.3) is 0 Å². The number of hydrogen-bond acceptors (Lipinski definition) is 8. The van der Waals surface area contributed by atoms with Crippen molar-refractivity contribution in [1.82, 2.24) is 20.2 Å². The molecule has 10 nitrogen and oxygen atoms in total. The maximum atomic E-state index is 13.1. The highest BCUT2D eigenvalue weighted by Crippen LogP contribution is 2.25. The zero-order valence-electron chi connectivity index (χ0n) is 18.1. The predicted octanol–water partition coefficient (Wildman–Crippen LogP) is 2.66. The number of sulfonamides is 1. The molecular weight excluding hydrogens is 434 g/mol. The second-order valence-electron chi connectivity index (χ2n) is 6.95. The van der Waals surface area contributed by atoms with Gasteiger partial charge < -0.3 is 9.47 Å². The van der Waals surface area contributed by atoms with E-state index in [0.717, 1.165) is 17.1 Å². The third kappa shape index (κ3) is 5.22. The first kappa shape index (κ1) is 23.2. The van der Waals surface area contributed by atoms with Crippen LogP contribution in [-0.2, 0) is 27.9 Å². The molecule has 0 spiro atoms. The third-order valence-electron chi connectivity index (χ3n) is 4.83. The van der Waals surface area contributed by atoms with E-state index in [-0.39, 0.29) is 17.1 Å². The Hall–Kier alpha value is -3.47. The van der Waals surface area contributed by atoms with Crippen LogP contribution in [0.4, 0.5) is 5.69 Å². The number of methoxy groups -OCH3 is 1. The lowest BCUT2D eigenvalue weighted by Crippen LogP contribution is -2.26. The highest BCUT2D eigenvalue weighted by Gasteiger charge is 2.23. The highest BCUT2D eigenvalue weighted by molar-refractivity contribution is 7.92. The lowest BCUT2D eigenvalue weighted by molar-refractivity contribution is 0.0456. The fourth-order valence-corrected chi connectivity index (χ4v) is 4.14. The average Bonchev–Trinajstić information content (AvgIpc) is 3.28. The summed E-state index contributed by atoms with van der Waals surface area (Å²) in [7, 11) is -0.918. The lowest BCUT2D eigenvalue weighted by atomic mass is 10.2. The van der Waals surface area contributed by atoms with Gasteiger partial charge in [0.05, 0.1) is 23.3 Å². The van der Waals surface area contributed by atoms with Crippen LogP contribution in [0.15, 0.2) is 53.4 Å². The van der Waals surface area contributed by atoms with Gasteiger partial charge in [-0.15, -0.1) is 5.10 Å². The SMILES string of the molecule is CCCCn1nnnc1COC(=O)c1cccc(S(=O)(=O)N(C)c2ccc(OC)cc2)c1. The van der Waals surface area contributed by atoms with Crippen LogP contribution in [0, 0.1) is 0 Å². The molecule has 3 rings (SSSR count). The number of anilines is 1. The standard InChI is InChI=1S/C21H25N5O5S/c1-4-5-13-26-20(22-23-24-26)15-31-21(27)16-7-6-8-19(14-16)32(28,29)25(2)17-9-11-18(30-3)12-10-17/h6-12,14H,4-5,13,15H2,1-3H3. The number of aromatic nitrogens is 4. The van der Waals surface area contributed by atoms with Crippen molar-refractivity contribution < 1.29 is 22.7 Å². The Bertz CT molecular complexity index is 1160. The molecule has 0 N–H and O–H groups in total. The van der Waals surface area contributed by atoms with Gasteiger partial charge in [-0.1, -0.05) is 19.4 Å². The molecule has 3 aromatic rings. The number of carbonyl (C=O) groups is 1. The number of rotatable bonds is 10. The molecule has 0 atom stereocenters. The minimum Gasteiger partial charge on any atom is -0.497 e. The Morgan fingerprint density at radius 3 is 2.59 bits per heavy atom. The number of carbonyl (C=O) groups excluding carboxylic acids is 1. The first-order valence-corrected chi connectivity index (χ1v) is 11.5. The summed E-state index contributed by atoms with van der Waals surface area (Å²) < 4.78 is 39.3. The number of aryl methyl sites for hydroxylation is 1. The summed E-state index contributed by atoms with van der Waals surface area (Å²) in [6, 6.07) is 12.3. The summed E-state index contributed by atoms with van der Waals surface area (Å²) in [5.74, 6) is 0.374. The summed E-state index contributed by atoms with van der Waals surface area (Å²) in [6.07, 6.45) is 1.87. The van der Waals surface area contributed by atoms with Gasteiger partial charge in [-0.05, 0) is 59.3 Å². The predicted molar refractivity (Wildman–Crippen MR) is 117 cm³/mol. The Balaban J connectivity index is 1.73. The second-order valence-corrected chi connectivity index (χ2v) is 8.92. The quantitative estimate of drug-likeness (QED) is 0.425. The summed E-state index contributed by atoms with van der Waals surface area (Å²) in [4.78, 5) is 12.5. The molecule has 1 heterocycles. The van der Waals surface area contributed by atoms with Crippen molar-refractivity contribution in [1.29, 1.82) is 0 Å². The van der Waals surface area contributed by atoms with Gasteiger partial charge in [0, 0.05) is 13.6 Å². The molecule has 0 aliphatic carbocycles. The summed E-state index contributed by atoms with van der Waals surface area (Å²) in [5, 5.41) is 11.4. The Kier molecular flexibility index (Phi) is 7.41. The molecule has 170 valence electrons. The van der Waals surface area contributed by atoms with Crippen molar-refractivity contribution in [2.24, 2.45) is 0 Å². The van der Waals surface area contributed by atoms with Crippen molar-refractivity contribution in [3.63, 3.8) is 0 Å². The summed E-state index contributed by atoms with van der Waals surface area (Å²) in [5.41, 5.74) is 0.569. The van der Waals surface area contributed by atoms with Crippen LogP contribution < -0.4 is 9.04 Å². The normalized spacial score (nSPS) is 11.2. The van der Waals surface area contributed by atoms with Gasteiger partial charge in [0.25, 0.3) is 10.0 Å². The summed E-state index contributed by atoms with van der Waals surface area (Å²) >= 11 is 0. The lowest BCUT2D eigenvalue weighted by Gasteiger charge is -2.20. The number of hydrogen-bond donors (Lipinski definition) is 0. The van der Waals surface area contributed by atoms with E-state index in [9.17, 15) is 13.2 Å². The number of unbranched alkanes of at least 4 members (excludes halogenated alkanes) is 1. The van der Waals surface area contributed by atoms with Crippen LogP contribution in [0.3, 0.4) is 0 Å². The van der Waals surface area contributed by atoms with E-state index in [1.807, 2.05) is 0 Å². The largest absolute Gasteiger partial charge is 0.497 e. The van der Waals surface area contributed by atoms with E-state index in [4.69, 9.17) is 9.47 Å². The number of nitrogens with zero attached hydrogens (tertiary/aromatic N) is 5. The molecule has 32 heavy (non-hydrogen) atoms.